The van der Waals surface area contributed by atoms with Crippen LogP contribution in [0.1, 0.15) is 19.8 Å². The summed E-state index contributed by atoms with van der Waals surface area (Å²) < 4.78 is 0. The van der Waals surface area contributed by atoms with Crippen molar-refractivity contribution in [1.29, 1.82) is 0 Å². The van der Waals surface area contributed by atoms with Crippen LogP contribution in [0.15, 0.2) is 0 Å². The smallest absolute Gasteiger partial charge is 0.286 e. The van der Waals surface area contributed by atoms with E-state index < -0.39 is 0 Å². The first kappa shape index (κ1) is 8.24. The SMILES string of the molecule is CC1CCCN(C(=O)C=O)C1. The molecule has 1 amide bonds. The minimum atomic E-state index is -0.364. The number of carbonyl (C=O) groups excluding carboxylic acids is 2. The van der Waals surface area contributed by atoms with Crippen molar-refractivity contribution in [1.82, 2.24) is 4.90 Å². The van der Waals surface area contributed by atoms with Crippen LogP contribution in [0.5, 0.6) is 0 Å². The lowest BCUT2D eigenvalue weighted by Gasteiger charge is -2.29. The Bertz CT molecular complexity index is 167. The van der Waals surface area contributed by atoms with Gasteiger partial charge in [0, 0.05) is 13.1 Å². The molecule has 0 saturated carbocycles. The highest BCUT2D eigenvalue weighted by atomic mass is 16.2. The van der Waals surface area contributed by atoms with Gasteiger partial charge in [-0.15, -0.1) is 0 Å². The van der Waals surface area contributed by atoms with E-state index in [-0.39, 0.29) is 5.91 Å². The Morgan fingerprint density at radius 1 is 1.64 bits per heavy atom. The van der Waals surface area contributed by atoms with E-state index in [2.05, 4.69) is 6.92 Å². The Morgan fingerprint density at radius 2 is 2.36 bits per heavy atom. The molecule has 0 aromatic heterocycles. The normalized spacial score (nSPS) is 24.8. The molecule has 11 heavy (non-hydrogen) atoms. The van der Waals surface area contributed by atoms with Crippen LogP contribution in [0.4, 0.5) is 0 Å². The van der Waals surface area contributed by atoms with E-state index in [4.69, 9.17) is 0 Å². The fraction of sp³-hybridized carbons (Fsp3) is 0.750. The van der Waals surface area contributed by atoms with Crippen LogP contribution in [-0.2, 0) is 9.59 Å². The second-order valence-corrected chi connectivity index (χ2v) is 3.15. The lowest BCUT2D eigenvalue weighted by atomic mass is 10.0. The third-order valence-electron chi connectivity index (χ3n) is 2.07. The standard InChI is InChI=1S/C8H13NO2/c1-7-3-2-4-9(5-7)8(11)6-10/h6-7H,2-5H2,1H3. The number of likely N-dealkylation sites (tertiary alicyclic amines) is 1. The lowest BCUT2D eigenvalue weighted by Crippen LogP contribution is -2.39. The number of piperidine rings is 1. The maximum atomic E-state index is 10.9. The van der Waals surface area contributed by atoms with Gasteiger partial charge in [0.2, 0.25) is 6.29 Å². The fourth-order valence-electron chi connectivity index (χ4n) is 1.46. The minimum Gasteiger partial charge on any atom is -0.336 e. The Morgan fingerprint density at radius 3 is 2.91 bits per heavy atom. The van der Waals surface area contributed by atoms with E-state index in [1.165, 1.54) is 6.42 Å². The number of amides is 1. The van der Waals surface area contributed by atoms with Crippen molar-refractivity contribution in [3.05, 3.63) is 0 Å². The summed E-state index contributed by atoms with van der Waals surface area (Å²) in [6.45, 7) is 3.60. The van der Waals surface area contributed by atoms with E-state index in [1.54, 1.807) is 4.90 Å². The monoisotopic (exact) mass is 155 g/mol. The molecule has 0 aromatic rings. The number of carbonyl (C=O) groups is 2. The molecule has 0 aromatic carbocycles. The van der Waals surface area contributed by atoms with Crippen LogP contribution in [0.2, 0.25) is 0 Å². The van der Waals surface area contributed by atoms with Crippen molar-refractivity contribution in [3.63, 3.8) is 0 Å². The number of nitrogens with zero attached hydrogens (tertiary/aromatic N) is 1. The molecule has 3 heteroatoms. The van der Waals surface area contributed by atoms with Crippen molar-refractivity contribution in [3.8, 4) is 0 Å². The second kappa shape index (κ2) is 3.51. The molecule has 1 fully saturated rings. The molecule has 1 heterocycles. The largest absolute Gasteiger partial charge is 0.336 e. The average molecular weight is 155 g/mol. The Balaban J connectivity index is 2.45. The molecule has 0 N–H and O–H groups in total. The van der Waals surface area contributed by atoms with Crippen LogP contribution in [0.3, 0.4) is 0 Å². The molecular weight excluding hydrogens is 142 g/mol. The van der Waals surface area contributed by atoms with Crippen molar-refractivity contribution >= 4 is 12.2 Å². The zero-order valence-corrected chi connectivity index (χ0v) is 6.75. The highest BCUT2D eigenvalue weighted by molar-refractivity contribution is 6.23. The van der Waals surface area contributed by atoms with Crippen molar-refractivity contribution in [2.75, 3.05) is 13.1 Å². The fourth-order valence-corrected chi connectivity index (χ4v) is 1.46. The van der Waals surface area contributed by atoms with E-state index >= 15 is 0 Å². The van der Waals surface area contributed by atoms with Crippen molar-refractivity contribution < 1.29 is 9.59 Å². The van der Waals surface area contributed by atoms with Gasteiger partial charge in [0.15, 0.2) is 0 Å². The maximum Gasteiger partial charge on any atom is 0.286 e. The number of rotatable bonds is 1. The number of hydrogen-bond acceptors (Lipinski definition) is 2. The molecule has 1 unspecified atom stereocenters. The first-order valence-electron chi connectivity index (χ1n) is 3.98. The third-order valence-corrected chi connectivity index (χ3v) is 2.07. The molecule has 0 spiro atoms. The summed E-state index contributed by atoms with van der Waals surface area (Å²) >= 11 is 0. The first-order chi connectivity index (χ1) is 5.24. The lowest BCUT2D eigenvalue weighted by molar-refractivity contribution is -0.140. The summed E-state index contributed by atoms with van der Waals surface area (Å²) in [5.74, 6) is 0.184. The summed E-state index contributed by atoms with van der Waals surface area (Å²) in [5.41, 5.74) is 0. The predicted molar refractivity (Wildman–Crippen MR) is 41.0 cm³/mol. The van der Waals surface area contributed by atoms with E-state index in [1.807, 2.05) is 0 Å². The highest BCUT2D eigenvalue weighted by Gasteiger charge is 2.19. The van der Waals surface area contributed by atoms with Crippen molar-refractivity contribution in [2.24, 2.45) is 5.92 Å². The van der Waals surface area contributed by atoms with Gasteiger partial charge in [0.05, 0.1) is 0 Å². The molecular formula is C8H13NO2. The zero-order valence-electron chi connectivity index (χ0n) is 6.75. The quantitative estimate of drug-likeness (QED) is 0.407. The molecule has 3 nitrogen and oxygen atoms in total. The molecule has 1 atom stereocenters. The molecule has 1 rings (SSSR count). The Labute approximate surface area is 66.4 Å². The summed E-state index contributed by atoms with van der Waals surface area (Å²) in [7, 11) is 0. The van der Waals surface area contributed by atoms with Crippen LogP contribution in [-0.4, -0.2) is 30.2 Å². The molecule has 1 aliphatic rings. The first-order valence-corrected chi connectivity index (χ1v) is 3.98. The van der Waals surface area contributed by atoms with Gasteiger partial charge in [-0.3, -0.25) is 9.59 Å². The van der Waals surface area contributed by atoms with E-state index in [9.17, 15) is 9.59 Å². The maximum absolute atomic E-state index is 10.9. The highest BCUT2D eigenvalue weighted by Crippen LogP contribution is 2.14. The molecule has 0 radical (unpaired) electrons. The van der Waals surface area contributed by atoms with Gasteiger partial charge in [-0.2, -0.15) is 0 Å². The summed E-state index contributed by atoms with van der Waals surface area (Å²) in [6.07, 6.45) is 2.60. The number of aldehydes is 1. The molecule has 62 valence electrons. The predicted octanol–water partition coefficient (Wildman–Crippen LogP) is 0.444. The summed E-state index contributed by atoms with van der Waals surface area (Å²) in [5, 5.41) is 0. The topological polar surface area (TPSA) is 37.4 Å². The van der Waals surface area contributed by atoms with Gasteiger partial charge in [-0.05, 0) is 18.8 Å². The molecule has 0 aliphatic carbocycles. The van der Waals surface area contributed by atoms with Crippen molar-refractivity contribution in [2.45, 2.75) is 19.8 Å². The summed E-state index contributed by atoms with van der Waals surface area (Å²) in [6, 6.07) is 0. The van der Waals surface area contributed by atoms with Crippen LogP contribution in [0.25, 0.3) is 0 Å². The third kappa shape index (κ3) is 2.03. The van der Waals surface area contributed by atoms with Gasteiger partial charge in [-0.1, -0.05) is 6.92 Å². The Kier molecular flexibility index (Phi) is 2.63. The Hall–Kier alpha value is -0.860. The van der Waals surface area contributed by atoms with E-state index in [0.29, 0.717) is 12.2 Å². The van der Waals surface area contributed by atoms with Gasteiger partial charge < -0.3 is 4.90 Å². The summed E-state index contributed by atoms with van der Waals surface area (Å²) in [4.78, 5) is 22.6. The zero-order chi connectivity index (χ0) is 8.27. The van der Waals surface area contributed by atoms with Gasteiger partial charge in [0.1, 0.15) is 0 Å². The second-order valence-electron chi connectivity index (χ2n) is 3.15. The van der Waals surface area contributed by atoms with Crippen LogP contribution < -0.4 is 0 Å². The molecule has 0 bridgehead atoms. The number of hydrogen-bond donors (Lipinski definition) is 0. The van der Waals surface area contributed by atoms with E-state index in [0.717, 1.165) is 19.5 Å². The van der Waals surface area contributed by atoms with Gasteiger partial charge in [0.25, 0.3) is 5.91 Å². The minimum absolute atomic E-state index is 0.364. The van der Waals surface area contributed by atoms with Gasteiger partial charge >= 0.3 is 0 Å². The van der Waals surface area contributed by atoms with Crippen LogP contribution >= 0.6 is 0 Å². The van der Waals surface area contributed by atoms with Gasteiger partial charge in [-0.25, -0.2) is 0 Å². The van der Waals surface area contributed by atoms with Crippen LogP contribution in [0, 0.1) is 5.92 Å². The average Bonchev–Trinajstić information content (AvgIpc) is 2.03. The molecule has 1 aliphatic heterocycles. The molecule has 1 saturated heterocycles.